The fourth-order valence-electron chi connectivity index (χ4n) is 3.33. The number of nitrogens with one attached hydrogen (secondary N) is 2. The van der Waals surface area contributed by atoms with E-state index in [-0.39, 0.29) is 17.9 Å². The van der Waals surface area contributed by atoms with Crippen molar-refractivity contribution in [1.29, 1.82) is 0 Å². The smallest absolute Gasteiger partial charge is 0.289 e. The van der Waals surface area contributed by atoms with E-state index in [0.29, 0.717) is 42.9 Å². The number of nitrogens with zero attached hydrogens (tertiary/aromatic N) is 2. The summed E-state index contributed by atoms with van der Waals surface area (Å²) in [5, 5.41) is 10.00. The molecule has 4 rings (SSSR count). The molecule has 0 radical (unpaired) electrons. The van der Waals surface area contributed by atoms with E-state index in [1.165, 1.54) is 6.26 Å². The number of likely N-dealkylation sites (tertiary alicyclic amines) is 1. The number of hydrogen-bond acceptors (Lipinski definition) is 4. The summed E-state index contributed by atoms with van der Waals surface area (Å²) in [6.07, 6.45) is 4.45. The Morgan fingerprint density at radius 1 is 1.11 bits per heavy atom. The molecule has 3 aromatic rings. The molecule has 0 bridgehead atoms. The number of carbonyl (C=O) groups is 2. The lowest BCUT2D eigenvalue weighted by atomic mass is 10.0. The van der Waals surface area contributed by atoms with Crippen LogP contribution < -0.4 is 5.32 Å². The summed E-state index contributed by atoms with van der Waals surface area (Å²) in [6.45, 7) is 1.17. The second-order valence-electron chi connectivity index (χ2n) is 6.54. The molecule has 0 saturated carbocycles. The maximum absolute atomic E-state index is 12.7. The van der Waals surface area contributed by atoms with Crippen molar-refractivity contribution in [1.82, 2.24) is 20.4 Å². The van der Waals surface area contributed by atoms with Gasteiger partial charge in [0, 0.05) is 24.7 Å². The highest BCUT2D eigenvalue weighted by Crippen LogP contribution is 2.21. The van der Waals surface area contributed by atoms with Crippen molar-refractivity contribution >= 4 is 11.8 Å². The molecule has 7 nitrogen and oxygen atoms in total. The zero-order valence-electron chi connectivity index (χ0n) is 14.7. The Labute approximate surface area is 156 Å². The van der Waals surface area contributed by atoms with Gasteiger partial charge in [-0.3, -0.25) is 14.7 Å². The van der Waals surface area contributed by atoms with Crippen LogP contribution in [-0.4, -0.2) is 46.0 Å². The van der Waals surface area contributed by atoms with Crippen molar-refractivity contribution in [2.45, 2.75) is 18.9 Å². The van der Waals surface area contributed by atoms with E-state index in [1.54, 1.807) is 23.2 Å². The zero-order chi connectivity index (χ0) is 18.6. The third kappa shape index (κ3) is 3.62. The number of benzene rings is 1. The minimum absolute atomic E-state index is 0.0247. The standard InChI is InChI=1S/C20H20N4O3/c25-19(16-13-21-23-18(16)14-5-2-1-3-6-14)22-15-8-10-24(11-9-15)20(26)17-7-4-12-27-17/h1-7,12-13,15H,8-11H2,(H,21,23)(H,22,25). The highest BCUT2D eigenvalue weighted by atomic mass is 16.3. The van der Waals surface area contributed by atoms with Crippen LogP contribution in [0, 0.1) is 0 Å². The predicted molar refractivity (Wildman–Crippen MR) is 99.1 cm³/mol. The summed E-state index contributed by atoms with van der Waals surface area (Å²) in [7, 11) is 0. The number of hydrogen-bond donors (Lipinski definition) is 2. The molecule has 0 aliphatic carbocycles. The third-order valence-corrected chi connectivity index (χ3v) is 4.80. The molecule has 0 spiro atoms. The molecule has 1 aliphatic rings. The van der Waals surface area contributed by atoms with E-state index >= 15 is 0 Å². The van der Waals surface area contributed by atoms with Gasteiger partial charge >= 0.3 is 0 Å². The number of aromatic nitrogens is 2. The van der Waals surface area contributed by atoms with E-state index in [2.05, 4.69) is 15.5 Å². The molecule has 2 N–H and O–H groups in total. The van der Waals surface area contributed by atoms with Gasteiger partial charge < -0.3 is 14.6 Å². The number of furan rings is 1. The van der Waals surface area contributed by atoms with Gasteiger partial charge in [0.25, 0.3) is 11.8 Å². The summed E-state index contributed by atoms with van der Waals surface area (Å²) in [6, 6.07) is 13.0. The van der Waals surface area contributed by atoms with Gasteiger partial charge in [0.15, 0.2) is 5.76 Å². The minimum atomic E-state index is -0.154. The van der Waals surface area contributed by atoms with Gasteiger partial charge in [-0.15, -0.1) is 0 Å². The summed E-state index contributed by atoms with van der Waals surface area (Å²) >= 11 is 0. The lowest BCUT2D eigenvalue weighted by molar-refractivity contribution is 0.0667. The van der Waals surface area contributed by atoms with Crippen molar-refractivity contribution < 1.29 is 14.0 Å². The number of piperidine rings is 1. The summed E-state index contributed by atoms with van der Waals surface area (Å²) in [5.74, 6) is 0.0905. The number of rotatable bonds is 4. The lowest BCUT2D eigenvalue weighted by Crippen LogP contribution is -2.46. The Hall–Kier alpha value is -3.35. The number of aromatic amines is 1. The Bertz CT molecular complexity index is 910. The topological polar surface area (TPSA) is 91.2 Å². The van der Waals surface area contributed by atoms with Crippen LogP contribution in [0.15, 0.2) is 59.3 Å². The fraction of sp³-hybridized carbons (Fsp3) is 0.250. The largest absolute Gasteiger partial charge is 0.459 e. The summed E-state index contributed by atoms with van der Waals surface area (Å²) < 4.78 is 5.17. The highest BCUT2D eigenvalue weighted by molar-refractivity contribution is 6.00. The van der Waals surface area contributed by atoms with Crippen LogP contribution in [0.4, 0.5) is 0 Å². The maximum atomic E-state index is 12.7. The average molecular weight is 364 g/mol. The summed E-state index contributed by atoms with van der Waals surface area (Å²) in [4.78, 5) is 26.8. The molecule has 1 saturated heterocycles. The first kappa shape index (κ1) is 17.1. The number of amides is 2. The van der Waals surface area contributed by atoms with Crippen LogP contribution in [0.3, 0.4) is 0 Å². The van der Waals surface area contributed by atoms with E-state index in [1.807, 2.05) is 30.3 Å². The molecule has 2 amide bonds. The van der Waals surface area contributed by atoms with E-state index in [4.69, 9.17) is 4.42 Å². The van der Waals surface area contributed by atoms with Gasteiger partial charge in [0.05, 0.1) is 23.7 Å². The second-order valence-corrected chi connectivity index (χ2v) is 6.54. The van der Waals surface area contributed by atoms with E-state index < -0.39 is 0 Å². The molecule has 2 aromatic heterocycles. The molecule has 27 heavy (non-hydrogen) atoms. The van der Waals surface area contributed by atoms with Crippen molar-refractivity contribution in [3.8, 4) is 11.3 Å². The first-order chi connectivity index (χ1) is 13.2. The second kappa shape index (κ2) is 7.49. The zero-order valence-corrected chi connectivity index (χ0v) is 14.7. The van der Waals surface area contributed by atoms with Crippen LogP contribution >= 0.6 is 0 Å². The molecular weight excluding hydrogens is 344 g/mol. The normalized spacial score (nSPS) is 14.9. The Morgan fingerprint density at radius 3 is 2.59 bits per heavy atom. The third-order valence-electron chi connectivity index (χ3n) is 4.80. The lowest BCUT2D eigenvalue weighted by Gasteiger charge is -2.31. The van der Waals surface area contributed by atoms with E-state index in [0.717, 1.165) is 5.56 Å². The summed E-state index contributed by atoms with van der Waals surface area (Å²) in [5.41, 5.74) is 2.15. The molecule has 7 heteroatoms. The van der Waals surface area contributed by atoms with Crippen LogP contribution in [0.1, 0.15) is 33.8 Å². The first-order valence-corrected chi connectivity index (χ1v) is 8.95. The Balaban J connectivity index is 1.37. The van der Waals surface area contributed by atoms with Gasteiger partial charge in [-0.2, -0.15) is 5.10 Å². The van der Waals surface area contributed by atoms with Crippen molar-refractivity contribution in [3.05, 3.63) is 66.2 Å². The monoisotopic (exact) mass is 364 g/mol. The SMILES string of the molecule is O=C(NC1CCN(C(=O)c2ccco2)CC1)c1cn[nH]c1-c1ccccc1. The maximum Gasteiger partial charge on any atom is 0.289 e. The molecule has 1 aliphatic heterocycles. The highest BCUT2D eigenvalue weighted by Gasteiger charge is 2.27. The number of carbonyl (C=O) groups excluding carboxylic acids is 2. The van der Waals surface area contributed by atoms with Crippen LogP contribution in [0.5, 0.6) is 0 Å². The number of H-pyrrole nitrogens is 1. The van der Waals surface area contributed by atoms with E-state index in [9.17, 15) is 9.59 Å². The van der Waals surface area contributed by atoms with Crippen molar-refractivity contribution in [2.75, 3.05) is 13.1 Å². The average Bonchev–Trinajstić information content (AvgIpc) is 3.41. The van der Waals surface area contributed by atoms with Crippen molar-refractivity contribution in [2.24, 2.45) is 0 Å². The van der Waals surface area contributed by atoms with Gasteiger partial charge in [0.2, 0.25) is 0 Å². The quantitative estimate of drug-likeness (QED) is 0.745. The van der Waals surface area contributed by atoms with Gasteiger partial charge in [-0.1, -0.05) is 30.3 Å². The fourth-order valence-corrected chi connectivity index (χ4v) is 3.33. The Morgan fingerprint density at radius 2 is 1.89 bits per heavy atom. The molecule has 0 atom stereocenters. The van der Waals surface area contributed by atoms with Gasteiger partial charge in [-0.05, 0) is 25.0 Å². The van der Waals surface area contributed by atoms with Crippen LogP contribution in [-0.2, 0) is 0 Å². The first-order valence-electron chi connectivity index (χ1n) is 8.95. The van der Waals surface area contributed by atoms with Crippen molar-refractivity contribution in [3.63, 3.8) is 0 Å². The Kier molecular flexibility index (Phi) is 4.74. The molecule has 138 valence electrons. The predicted octanol–water partition coefficient (Wildman–Crippen LogP) is 2.70. The molecule has 3 heterocycles. The minimum Gasteiger partial charge on any atom is -0.459 e. The molecular formula is C20H20N4O3. The van der Waals surface area contributed by atoms with Crippen LogP contribution in [0.2, 0.25) is 0 Å². The van der Waals surface area contributed by atoms with Gasteiger partial charge in [0.1, 0.15) is 0 Å². The molecule has 1 fully saturated rings. The van der Waals surface area contributed by atoms with Gasteiger partial charge in [-0.25, -0.2) is 0 Å². The van der Waals surface area contributed by atoms with Crippen LogP contribution in [0.25, 0.3) is 11.3 Å². The molecule has 0 unspecified atom stereocenters. The molecule has 1 aromatic carbocycles.